The number of aryl methyl sites for hydroxylation is 3. The topological polar surface area (TPSA) is 89.2 Å². The summed E-state index contributed by atoms with van der Waals surface area (Å²) >= 11 is 1.23. The van der Waals surface area contributed by atoms with Crippen molar-refractivity contribution in [1.29, 1.82) is 0 Å². The molecule has 0 fully saturated rings. The predicted octanol–water partition coefficient (Wildman–Crippen LogP) is 3.82. The van der Waals surface area contributed by atoms with Crippen molar-refractivity contribution >= 4 is 33.4 Å². The van der Waals surface area contributed by atoms with Crippen LogP contribution in [0, 0.1) is 26.6 Å². The summed E-state index contributed by atoms with van der Waals surface area (Å²) in [4.78, 5) is 25.9. The van der Waals surface area contributed by atoms with Crippen LogP contribution in [0.3, 0.4) is 0 Å². The second-order valence-corrected chi connectivity index (χ2v) is 7.57. The average Bonchev–Trinajstić information content (AvgIpc) is 3.35. The van der Waals surface area contributed by atoms with Crippen molar-refractivity contribution in [1.82, 2.24) is 20.6 Å². The van der Waals surface area contributed by atoms with Crippen LogP contribution in [-0.4, -0.2) is 21.6 Å². The van der Waals surface area contributed by atoms with E-state index >= 15 is 0 Å². The molecule has 4 rings (SSSR count). The molecule has 0 atom stereocenters. The second kappa shape index (κ2) is 7.17. The molecule has 0 aliphatic heterocycles. The molecule has 2 N–H and O–H groups in total. The molecule has 3 heterocycles. The number of amides is 2. The number of nitrogens with zero attached hydrogens (tertiary/aromatic N) is 2. The zero-order valence-corrected chi connectivity index (χ0v) is 16.7. The number of carbonyl (C=O) groups excluding carboxylic acids is 2. The lowest BCUT2D eigenvalue weighted by molar-refractivity contribution is 0.0848. The van der Waals surface area contributed by atoms with Crippen molar-refractivity contribution in [3.05, 3.63) is 69.9 Å². The molecule has 0 saturated heterocycles. The molecule has 29 heavy (non-hydrogen) atoms. The Hall–Kier alpha value is -3.46. The fourth-order valence-corrected chi connectivity index (χ4v) is 4.09. The number of thiophene rings is 1. The van der Waals surface area contributed by atoms with Gasteiger partial charge in [-0.2, -0.15) is 5.10 Å². The van der Waals surface area contributed by atoms with Crippen molar-refractivity contribution in [3.8, 4) is 5.69 Å². The molecule has 0 aliphatic carbocycles. The van der Waals surface area contributed by atoms with Crippen molar-refractivity contribution in [2.75, 3.05) is 0 Å². The number of nitrogens with one attached hydrogen (secondary N) is 2. The minimum absolute atomic E-state index is 0.334. The smallest absolute Gasteiger partial charge is 0.279 e. The quantitative estimate of drug-likeness (QED) is 0.501. The molecule has 9 heteroatoms. The Morgan fingerprint density at radius 1 is 1.07 bits per heavy atom. The molecule has 1 aromatic carbocycles. The Balaban J connectivity index is 1.55. The highest BCUT2D eigenvalue weighted by molar-refractivity contribution is 7.20. The maximum atomic E-state index is 13.2. The van der Waals surface area contributed by atoms with Gasteiger partial charge in [0.2, 0.25) is 0 Å². The maximum Gasteiger partial charge on any atom is 0.279 e. The lowest BCUT2D eigenvalue weighted by Crippen LogP contribution is -2.41. The van der Waals surface area contributed by atoms with E-state index in [1.54, 1.807) is 42.8 Å². The lowest BCUT2D eigenvalue weighted by atomic mass is 10.2. The van der Waals surface area contributed by atoms with Gasteiger partial charge >= 0.3 is 0 Å². The van der Waals surface area contributed by atoms with Gasteiger partial charge < -0.3 is 4.42 Å². The van der Waals surface area contributed by atoms with Gasteiger partial charge in [-0.05, 0) is 57.2 Å². The van der Waals surface area contributed by atoms with E-state index in [2.05, 4.69) is 16.0 Å². The number of aromatic nitrogens is 2. The van der Waals surface area contributed by atoms with Crippen LogP contribution in [0.15, 0.2) is 40.8 Å². The van der Waals surface area contributed by atoms with Crippen molar-refractivity contribution in [3.63, 3.8) is 0 Å². The largest absolute Gasteiger partial charge is 0.466 e. The molecule has 0 bridgehead atoms. The summed E-state index contributed by atoms with van der Waals surface area (Å²) in [5.41, 5.74) is 6.62. The fraction of sp³-hybridized carbons (Fsp3) is 0.150. The van der Waals surface area contributed by atoms with E-state index in [1.165, 1.54) is 23.5 Å². The molecule has 0 spiro atoms. The second-order valence-electron chi connectivity index (χ2n) is 6.54. The molecule has 7 nitrogen and oxygen atoms in total. The SMILES string of the molecule is Cc1cc(C(=O)NNC(=O)c2cc3c(C)nn(-c4ccc(F)cc4)c3s2)c(C)o1. The Bertz CT molecular complexity index is 1240. The maximum absolute atomic E-state index is 13.2. The molecular formula is C20H17FN4O3S. The molecule has 148 valence electrons. The average molecular weight is 412 g/mol. The Morgan fingerprint density at radius 3 is 2.41 bits per heavy atom. The third-order valence-corrected chi connectivity index (χ3v) is 5.52. The predicted molar refractivity (Wildman–Crippen MR) is 107 cm³/mol. The van der Waals surface area contributed by atoms with Crippen LogP contribution >= 0.6 is 11.3 Å². The van der Waals surface area contributed by atoms with Crippen molar-refractivity contribution in [2.24, 2.45) is 0 Å². The van der Waals surface area contributed by atoms with E-state index < -0.39 is 11.8 Å². The Morgan fingerprint density at radius 2 is 1.76 bits per heavy atom. The van der Waals surface area contributed by atoms with E-state index in [4.69, 9.17) is 4.42 Å². The third-order valence-electron chi connectivity index (χ3n) is 4.41. The molecule has 0 saturated carbocycles. The van der Waals surface area contributed by atoms with Crippen molar-refractivity contribution in [2.45, 2.75) is 20.8 Å². The number of hydrazine groups is 1. The number of rotatable bonds is 3. The van der Waals surface area contributed by atoms with Gasteiger partial charge in [0.15, 0.2) is 0 Å². The van der Waals surface area contributed by atoms with E-state index in [1.807, 2.05) is 6.92 Å². The van der Waals surface area contributed by atoms with Crippen LogP contribution in [0.2, 0.25) is 0 Å². The van der Waals surface area contributed by atoms with E-state index in [-0.39, 0.29) is 5.82 Å². The third kappa shape index (κ3) is 3.52. The summed E-state index contributed by atoms with van der Waals surface area (Å²) in [6.45, 7) is 5.26. The molecule has 0 radical (unpaired) electrons. The zero-order chi connectivity index (χ0) is 20.7. The van der Waals surface area contributed by atoms with Crippen LogP contribution in [0.4, 0.5) is 4.39 Å². The Labute approximate surface area is 169 Å². The van der Waals surface area contributed by atoms with Gasteiger partial charge in [-0.1, -0.05) is 0 Å². The van der Waals surface area contributed by atoms with Gasteiger partial charge in [-0.25, -0.2) is 9.07 Å². The number of benzene rings is 1. The normalized spacial score (nSPS) is 11.0. The van der Waals surface area contributed by atoms with Gasteiger partial charge in [0, 0.05) is 5.39 Å². The van der Waals surface area contributed by atoms with Gasteiger partial charge in [0.05, 0.1) is 21.8 Å². The molecular weight excluding hydrogens is 395 g/mol. The van der Waals surface area contributed by atoms with Crippen LogP contribution in [0.5, 0.6) is 0 Å². The minimum atomic E-state index is -0.456. The molecule has 0 aliphatic rings. The standard InChI is InChI=1S/C20H17FN4O3S/c1-10-8-16(12(3)28-10)18(26)22-23-19(27)17-9-15-11(2)24-25(20(15)29-17)14-6-4-13(21)5-7-14/h4-9H,1-3H3,(H,22,26)(H,23,27). The first-order valence-electron chi connectivity index (χ1n) is 8.76. The van der Waals surface area contributed by atoms with E-state index in [0.717, 1.165) is 15.9 Å². The van der Waals surface area contributed by atoms with Crippen LogP contribution in [0.25, 0.3) is 15.9 Å². The van der Waals surface area contributed by atoms with Crippen molar-refractivity contribution < 1.29 is 18.4 Å². The molecule has 4 aromatic rings. The number of halogens is 1. The zero-order valence-electron chi connectivity index (χ0n) is 15.9. The first kappa shape index (κ1) is 18.9. The summed E-state index contributed by atoms with van der Waals surface area (Å²) in [5, 5.41) is 5.29. The number of hydrogen-bond donors (Lipinski definition) is 2. The number of carbonyl (C=O) groups is 2. The molecule has 3 aromatic heterocycles. The highest BCUT2D eigenvalue weighted by atomic mass is 32.1. The minimum Gasteiger partial charge on any atom is -0.466 e. The van der Waals surface area contributed by atoms with Gasteiger partial charge in [0.1, 0.15) is 22.2 Å². The van der Waals surface area contributed by atoms with Gasteiger partial charge in [-0.3, -0.25) is 20.4 Å². The van der Waals surface area contributed by atoms with E-state index in [0.29, 0.717) is 27.6 Å². The summed E-state index contributed by atoms with van der Waals surface area (Å²) in [5.74, 6) is -0.140. The van der Waals surface area contributed by atoms with Gasteiger partial charge in [0.25, 0.3) is 11.8 Å². The summed E-state index contributed by atoms with van der Waals surface area (Å²) < 4.78 is 20.2. The first-order chi connectivity index (χ1) is 13.8. The highest BCUT2D eigenvalue weighted by Gasteiger charge is 2.19. The number of hydrogen-bond acceptors (Lipinski definition) is 5. The van der Waals surface area contributed by atoms with Crippen LogP contribution < -0.4 is 10.9 Å². The molecule has 0 unspecified atom stereocenters. The van der Waals surface area contributed by atoms with Gasteiger partial charge in [-0.15, -0.1) is 11.3 Å². The van der Waals surface area contributed by atoms with Crippen LogP contribution in [0.1, 0.15) is 37.2 Å². The monoisotopic (exact) mass is 412 g/mol. The highest BCUT2D eigenvalue weighted by Crippen LogP contribution is 2.30. The fourth-order valence-electron chi connectivity index (χ4n) is 3.02. The first-order valence-corrected chi connectivity index (χ1v) is 9.58. The summed E-state index contributed by atoms with van der Waals surface area (Å²) in [6.07, 6.45) is 0. The number of furan rings is 1. The Kier molecular flexibility index (Phi) is 4.67. The number of fused-ring (bicyclic) bond motifs is 1. The van der Waals surface area contributed by atoms with E-state index in [9.17, 15) is 14.0 Å². The summed E-state index contributed by atoms with van der Waals surface area (Å²) in [6, 6.07) is 9.28. The summed E-state index contributed by atoms with van der Waals surface area (Å²) in [7, 11) is 0. The van der Waals surface area contributed by atoms with Crippen LogP contribution in [-0.2, 0) is 0 Å². The molecule has 2 amide bonds. The lowest BCUT2D eigenvalue weighted by Gasteiger charge is -2.05.